The highest BCUT2D eigenvalue weighted by molar-refractivity contribution is 5.35. The molecule has 0 aromatic heterocycles. The van der Waals surface area contributed by atoms with Gasteiger partial charge in [-0.3, -0.25) is 0 Å². The molecule has 1 rings (SSSR count). The van der Waals surface area contributed by atoms with Gasteiger partial charge in [0, 0.05) is 13.5 Å². The SMILES string of the molecule is COC1CC1N=C=O. The van der Waals surface area contributed by atoms with Crippen LogP contribution in [0.3, 0.4) is 0 Å². The Balaban J connectivity index is 2.26. The van der Waals surface area contributed by atoms with E-state index >= 15 is 0 Å². The highest BCUT2D eigenvalue weighted by Crippen LogP contribution is 2.27. The molecule has 3 heteroatoms. The zero-order valence-corrected chi connectivity index (χ0v) is 4.63. The standard InChI is InChI=1S/C5H7NO2/c1-8-5-2-4(5)6-3-7/h4-5H,2H2,1H3. The van der Waals surface area contributed by atoms with E-state index in [0.717, 1.165) is 6.42 Å². The van der Waals surface area contributed by atoms with E-state index in [1.165, 1.54) is 6.08 Å². The van der Waals surface area contributed by atoms with Gasteiger partial charge < -0.3 is 4.74 Å². The van der Waals surface area contributed by atoms with Crippen molar-refractivity contribution >= 4 is 6.08 Å². The fourth-order valence-corrected chi connectivity index (χ4v) is 0.616. The second-order valence-corrected chi connectivity index (χ2v) is 1.80. The van der Waals surface area contributed by atoms with Gasteiger partial charge in [-0.1, -0.05) is 0 Å². The number of ether oxygens (including phenoxy) is 1. The summed E-state index contributed by atoms with van der Waals surface area (Å²) in [6.45, 7) is 0. The number of rotatable bonds is 2. The highest BCUT2D eigenvalue weighted by Gasteiger charge is 2.37. The zero-order chi connectivity index (χ0) is 5.98. The van der Waals surface area contributed by atoms with Gasteiger partial charge in [-0.15, -0.1) is 0 Å². The summed E-state index contributed by atoms with van der Waals surface area (Å²) < 4.78 is 4.85. The van der Waals surface area contributed by atoms with Gasteiger partial charge in [0.05, 0.1) is 12.1 Å². The summed E-state index contributed by atoms with van der Waals surface area (Å²) in [5, 5.41) is 0. The third-order valence-corrected chi connectivity index (χ3v) is 1.22. The first-order valence-corrected chi connectivity index (χ1v) is 2.48. The first kappa shape index (κ1) is 5.48. The van der Waals surface area contributed by atoms with Crippen LogP contribution in [0, 0.1) is 0 Å². The van der Waals surface area contributed by atoms with Crippen LogP contribution >= 0.6 is 0 Å². The maximum Gasteiger partial charge on any atom is 0.235 e. The first-order chi connectivity index (χ1) is 3.88. The Bertz CT molecular complexity index is 128. The molecule has 0 aliphatic heterocycles. The molecule has 3 nitrogen and oxygen atoms in total. The molecule has 2 atom stereocenters. The van der Waals surface area contributed by atoms with Crippen molar-refractivity contribution in [3.8, 4) is 0 Å². The molecule has 8 heavy (non-hydrogen) atoms. The Morgan fingerprint density at radius 3 is 3.00 bits per heavy atom. The topological polar surface area (TPSA) is 38.7 Å². The number of carbonyl (C=O) groups excluding carboxylic acids is 1. The number of hydrogen-bond acceptors (Lipinski definition) is 3. The van der Waals surface area contributed by atoms with Gasteiger partial charge in [0.2, 0.25) is 6.08 Å². The molecule has 0 amide bonds. The second-order valence-electron chi connectivity index (χ2n) is 1.80. The fourth-order valence-electron chi connectivity index (χ4n) is 0.616. The molecule has 0 saturated heterocycles. The van der Waals surface area contributed by atoms with Crippen molar-refractivity contribution in [3.63, 3.8) is 0 Å². The van der Waals surface area contributed by atoms with Crippen LogP contribution in [0.1, 0.15) is 6.42 Å². The third kappa shape index (κ3) is 0.941. The molecule has 0 N–H and O–H groups in total. The summed E-state index contributed by atoms with van der Waals surface area (Å²) in [7, 11) is 1.62. The third-order valence-electron chi connectivity index (χ3n) is 1.22. The summed E-state index contributed by atoms with van der Waals surface area (Å²) in [6, 6.07) is 0.109. The van der Waals surface area contributed by atoms with Crippen LogP contribution in [0.5, 0.6) is 0 Å². The minimum absolute atomic E-state index is 0.109. The molecule has 1 aliphatic rings. The molecule has 0 aromatic carbocycles. The number of nitrogens with zero attached hydrogens (tertiary/aromatic N) is 1. The summed E-state index contributed by atoms with van der Waals surface area (Å²) in [6.07, 6.45) is 2.56. The van der Waals surface area contributed by atoms with E-state index in [2.05, 4.69) is 4.99 Å². The van der Waals surface area contributed by atoms with E-state index in [4.69, 9.17) is 4.74 Å². The number of aliphatic imine (C=N–C) groups is 1. The Morgan fingerprint density at radius 2 is 2.62 bits per heavy atom. The summed E-state index contributed by atoms with van der Waals surface area (Å²) in [4.78, 5) is 13.0. The average Bonchev–Trinajstić information content (AvgIpc) is 2.48. The van der Waals surface area contributed by atoms with Gasteiger partial charge in [0.1, 0.15) is 0 Å². The largest absolute Gasteiger partial charge is 0.379 e. The van der Waals surface area contributed by atoms with Crippen molar-refractivity contribution in [1.82, 2.24) is 0 Å². The van der Waals surface area contributed by atoms with Crippen LogP contribution in [0.25, 0.3) is 0 Å². The van der Waals surface area contributed by atoms with Gasteiger partial charge in [0.25, 0.3) is 0 Å². The van der Waals surface area contributed by atoms with Crippen molar-refractivity contribution in [3.05, 3.63) is 0 Å². The van der Waals surface area contributed by atoms with Crippen LogP contribution in [0.15, 0.2) is 4.99 Å². The Hall–Kier alpha value is -0.660. The second kappa shape index (κ2) is 2.07. The zero-order valence-electron chi connectivity index (χ0n) is 4.63. The van der Waals surface area contributed by atoms with Gasteiger partial charge >= 0.3 is 0 Å². The summed E-state index contributed by atoms with van der Waals surface area (Å²) >= 11 is 0. The molecule has 2 unspecified atom stereocenters. The lowest BCUT2D eigenvalue weighted by Gasteiger charge is -1.84. The average molecular weight is 113 g/mol. The van der Waals surface area contributed by atoms with Gasteiger partial charge in [-0.05, 0) is 0 Å². The van der Waals surface area contributed by atoms with E-state index in [0.29, 0.717) is 0 Å². The predicted molar refractivity (Wildman–Crippen MR) is 27.3 cm³/mol. The fraction of sp³-hybridized carbons (Fsp3) is 0.800. The van der Waals surface area contributed by atoms with Crippen molar-refractivity contribution in [1.29, 1.82) is 0 Å². The van der Waals surface area contributed by atoms with Gasteiger partial charge in [-0.2, -0.15) is 4.99 Å². The molecular formula is C5H7NO2. The van der Waals surface area contributed by atoms with Crippen molar-refractivity contribution in [2.24, 2.45) is 4.99 Å². The Labute approximate surface area is 47.4 Å². The molecule has 0 spiro atoms. The molecule has 0 bridgehead atoms. The smallest absolute Gasteiger partial charge is 0.235 e. The van der Waals surface area contributed by atoms with Gasteiger partial charge in [-0.25, -0.2) is 4.79 Å². The summed E-state index contributed by atoms with van der Waals surface area (Å²) in [5.74, 6) is 0. The minimum Gasteiger partial charge on any atom is -0.379 e. The maximum absolute atomic E-state index is 9.57. The lowest BCUT2D eigenvalue weighted by molar-refractivity contribution is 0.178. The van der Waals surface area contributed by atoms with Crippen LogP contribution in [0.2, 0.25) is 0 Å². The Morgan fingerprint density at radius 1 is 1.88 bits per heavy atom. The van der Waals surface area contributed by atoms with E-state index in [-0.39, 0.29) is 12.1 Å². The number of hydrogen-bond donors (Lipinski definition) is 0. The molecule has 1 saturated carbocycles. The number of methoxy groups -OCH3 is 1. The predicted octanol–water partition coefficient (Wildman–Crippen LogP) is 0.109. The van der Waals surface area contributed by atoms with E-state index in [1.807, 2.05) is 0 Å². The normalized spacial score (nSPS) is 33.6. The molecule has 44 valence electrons. The quantitative estimate of drug-likeness (QED) is 0.376. The Kier molecular flexibility index (Phi) is 1.42. The molecule has 1 fully saturated rings. The van der Waals surface area contributed by atoms with E-state index < -0.39 is 0 Å². The molecule has 1 aliphatic carbocycles. The monoisotopic (exact) mass is 113 g/mol. The summed E-state index contributed by atoms with van der Waals surface area (Å²) in [5.41, 5.74) is 0. The molecule has 0 heterocycles. The lowest BCUT2D eigenvalue weighted by Crippen LogP contribution is -1.91. The van der Waals surface area contributed by atoms with Crippen LogP contribution in [-0.4, -0.2) is 25.3 Å². The van der Waals surface area contributed by atoms with Gasteiger partial charge in [0.15, 0.2) is 0 Å². The van der Waals surface area contributed by atoms with Crippen LogP contribution in [0.4, 0.5) is 0 Å². The van der Waals surface area contributed by atoms with E-state index in [9.17, 15) is 4.79 Å². The van der Waals surface area contributed by atoms with Crippen LogP contribution < -0.4 is 0 Å². The molecule has 0 radical (unpaired) electrons. The highest BCUT2D eigenvalue weighted by atomic mass is 16.5. The lowest BCUT2D eigenvalue weighted by atomic mass is 10.7. The molecular weight excluding hydrogens is 106 g/mol. The minimum atomic E-state index is 0.109. The maximum atomic E-state index is 9.57. The van der Waals surface area contributed by atoms with Crippen molar-refractivity contribution < 1.29 is 9.53 Å². The van der Waals surface area contributed by atoms with Crippen molar-refractivity contribution in [2.75, 3.05) is 7.11 Å². The van der Waals surface area contributed by atoms with E-state index in [1.54, 1.807) is 7.11 Å². The first-order valence-electron chi connectivity index (χ1n) is 2.48. The molecule has 0 aromatic rings. The number of isocyanates is 1. The van der Waals surface area contributed by atoms with Crippen molar-refractivity contribution in [2.45, 2.75) is 18.6 Å². The van der Waals surface area contributed by atoms with Crippen LogP contribution in [-0.2, 0) is 9.53 Å².